The summed E-state index contributed by atoms with van der Waals surface area (Å²) in [7, 11) is 3.77. The van der Waals surface area contributed by atoms with Gasteiger partial charge in [0, 0.05) is 11.5 Å². The van der Waals surface area contributed by atoms with E-state index in [1.54, 1.807) is 7.11 Å². The van der Waals surface area contributed by atoms with Crippen LogP contribution in [0.25, 0.3) is 21.7 Å². The van der Waals surface area contributed by atoms with E-state index in [0.717, 1.165) is 5.75 Å². The van der Waals surface area contributed by atoms with Gasteiger partial charge in [-0.15, -0.1) is 0 Å². The van der Waals surface area contributed by atoms with Gasteiger partial charge in [0.1, 0.15) is 12.8 Å². The number of aryl methyl sites for hydroxylation is 1. The number of para-hydroxylation sites is 1. The van der Waals surface area contributed by atoms with E-state index < -0.39 is 0 Å². The topological polar surface area (TPSA) is 13.1 Å². The number of hydrogen-bond acceptors (Lipinski definition) is 1. The average molecular weight is 224 g/mol. The van der Waals surface area contributed by atoms with E-state index in [-0.39, 0.29) is 0 Å². The van der Waals surface area contributed by atoms with Crippen LogP contribution in [0.1, 0.15) is 0 Å². The van der Waals surface area contributed by atoms with Gasteiger partial charge in [0.15, 0.2) is 6.20 Å². The summed E-state index contributed by atoms with van der Waals surface area (Å²) < 4.78 is 7.41. The Bertz CT molecular complexity index is 704. The highest BCUT2D eigenvalue weighted by Gasteiger charge is 2.09. The smallest absolute Gasteiger partial charge is 0.212 e. The summed E-state index contributed by atoms with van der Waals surface area (Å²) in [4.78, 5) is 0. The number of hydrogen-bond donors (Lipinski definition) is 0. The van der Waals surface area contributed by atoms with Gasteiger partial charge in [0.25, 0.3) is 0 Å². The summed E-state index contributed by atoms with van der Waals surface area (Å²) in [5.74, 6) is 0.896. The lowest BCUT2D eigenvalue weighted by Gasteiger charge is -2.04. The van der Waals surface area contributed by atoms with E-state index in [9.17, 15) is 0 Å². The third-order valence-electron chi connectivity index (χ3n) is 3.17. The molecule has 17 heavy (non-hydrogen) atoms. The van der Waals surface area contributed by atoms with E-state index in [2.05, 4.69) is 54.2 Å². The van der Waals surface area contributed by atoms with Crippen molar-refractivity contribution in [2.75, 3.05) is 7.11 Å². The molecule has 1 aromatic heterocycles. The van der Waals surface area contributed by atoms with Crippen LogP contribution in [-0.4, -0.2) is 7.11 Å². The second-order valence-corrected chi connectivity index (χ2v) is 4.21. The molecule has 0 aliphatic heterocycles. The summed E-state index contributed by atoms with van der Waals surface area (Å²) in [6.07, 6.45) is 2.14. The van der Waals surface area contributed by atoms with Crippen molar-refractivity contribution in [1.29, 1.82) is 0 Å². The van der Waals surface area contributed by atoms with E-state index in [0.29, 0.717) is 0 Å². The second-order valence-electron chi connectivity index (χ2n) is 4.21. The fraction of sp³-hybridized carbons (Fsp3) is 0.133. The van der Waals surface area contributed by atoms with Crippen LogP contribution in [0.5, 0.6) is 5.75 Å². The lowest BCUT2D eigenvalue weighted by molar-refractivity contribution is -0.643. The third kappa shape index (κ3) is 1.53. The number of rotatable bonds is 1. The van der Waals surface area contributed by atoms with Crippen LogP contribution in [0, 0.1) is 0 Å². The standard InChI is InChI=1S/C15H14NO/c1-16-10-11-9-12(17-2)7-8-13(11)14-5-3-4-6-15(14)16/h3-10H,1-2H3/q+1. The summed E-state index contributed by atoms with van der Waals surface area (Å²) >= 11 is 0. The van der Waals surface area contributed by atoms with Gasteiger partial charge in [-0.2, -0.15) is 0 Å². The first-order valence-electron chi connectivity index (χ1n) is 5.65. The molecule has 0 bridgehead atoms. The molecule has 0 unspecified atom stereocenters. The highest BCUT2D eigenvalue weighted by Crippen LogP contribution is 2.25. The molecule has 0 fully saturated rings. The van der Waals surface area contributed by atoms with Crippen LogP contribution in [0.4, 0.5) is 0 Å². The maximum Gasteiger partial charge on any atom is 0.212 e. The maximum absolute atomic E-state index is 5.26. The minimum atomic E-state index is 0.896. The predicted molar refractivity (Wildman–Crippen MR) is 69.2 cm³/mol. The minimum absolute atomic E-state index is 0.896. The molecule has 0 atom stereocenters. The monoisotopic (exact) mass is 224 g/mol. The number of benzene rings is 2. The van der Waals surface area contributed by atoms with Gasteiger partial charge in [-0.25, -0.2) is 4.57 Å². The van der Waals surface area contributed by atoms with Gasteiger partial charge in [-0.3, -0.25) is 0 Å². The van der Waals surface area contributed by atoms with Gasteiger partial charge in [0.05, 0.1) is 17.9 Å². The molecule has 3 aromatic rings. The van der Waals surface area contributed by atoms with E-state index in [4.69, 9.17) is 4.74 Å². The van der Waals surface area contributed by atoms with Crippen LogP contribution < -0.4 is 9.30 Å². The van der Waals surface area contributed by atoms with Crippen molar-refractivity contribution in [2.24, 2.45) is 7.05 Å². The molecular formula is C15H14NO+. The molecule has 0 aliphatic carbocycles. The predicted octanol–water partition coefficient (Wildman–Crippen LogP) is 2.83. The molecule has 2 heteroatoms. The number of fused-ring (bicyclic) bond motifs is 3. The molecule has 0 saturated carbocycles. The first-order chi connectivity index (χ1) is 8.29. The zero-order chi connectivity index (χ0) is 11.8. The van der Waals surface area contributed by atoms with E-state index in [1.807, 2.05) is 6.07 Å². The SMILES string of the molecule is COc1ccc2c(c1)c[n+](C)c1ccccc21. The molecule has 84 valence electrons. The zero-order valence-corrected chi connectivity index (χ0v) is 9.97. The quantitative estimate of drug-likeness (QED) is 0.457. The maximum atomic E-state index is 5.26. The molecule has 0 saturated heterocycles. The van der Waals surface area contributed by atoms with Crippen molar-refractivity contribution >= 4 is 21.7 Å². The minimum Gasteiger partial charge on any atom is -0.497 e. The molecule has 3 rings (SSSR count). The first-order valence-corrected chi connectivity index (χ1v) is 5.65. The Balaban J connectivity index is 2.48. The Morgan fingerprint density at radius 2 is 1.82 bits per heavy atom. The normalized spacial score (nSPS) is 10.9. The first kappa shape index (κ1) is 10.1. The van der Waals surface area contributed by atoms with Gasteiger partial charge in [-0.1, -0.05) is 12.1 Å². The van der Waals surface area contributed by atoms with Crippen molar-refractivity contribution in [3.8, 4) is 5.75 Å². The van der Waals surface area contributed by atoms with Crippen molar-refractivity contribution < 1.29 is 9.30 Å². The third-order valence-corrected chi connectivity index (χ3v) is 3.17. The number of ether oxygens (including phenoxy) is 1. The molecule has 2 aromatic carbocycles. The van der Waals surface area contributed by atoms with Crippen molar-refractivity contribution in [1.82, 2.24) is 0 Å². The fourth-order valence-corrected chi connectivity index (χ4v) is 2.31. The largest absolute Gasteiger partial charge is 0.497 e. The van der Waals surface area contributed by atoms with Crippen molar-refractivity contribution in [3.63, 3.8) is 0 Å². The summed E-state index contributed by atoms with van der Waals surface area (Å²) in [6.45, 7) is 0. The van der Waals surface area contributed by atoms with Crippen LogP contribution in [0.15, 0.2) is 48.7 Å². The Morgan fingerprint density at radius 3 is 2.65 bits per heavy atom. The number of aromatic nitrogens is 1. The Hall–Kier alpha value is -2.09. The van der Waals surface area contributed by atoms with E-state index in [1.165, 1.54) is 21.7 Å². The van der Waals surface area contributed by atoms with Crippen LogP contribution >= 0.6 is 0 Å². The molecule has 2 nitrogen and oxygen atoms in total. The van der Waals surface area contributed by atoms with Gasteiger partial charge in [0.2, 0.25) is 5.52 Å². The van der Waals surface area contributed by atoms with Crippen LogP contribution in [-0.2, 0) is 7.05 Å². The Kier molecular flexibility index (Phi) is 2.22. The molecule has 0 amide bonds. The lowest BCUT2D eigenvalue weighted by atomic mass is 10.1. The summed E-state index contributed by atoms with van der Waals surface area (Å²) in [5.41, 5.74) is 1.24. The number of pyridine rings is 1. The highest BCUT2D eigenvalue weighted by molar-refractivity contribution is 6.04. The summed E-state index contributed by atoms with van der Waals surface area (Å²) in [6, 6.07) is 14.6. The fourth-order valence-electron chi connectivity index (χ4n) is 2.31. The molecule has 1 heterocycles. The second kappa shape index (κ2) is 3.74. The lowest BCUT2D eigenvalue weighted by Crippen LogP contribution is -2.28. The zero-order valence-electron chi connectivity index (χ0n) is 9.97. The van der Waals surface area contributed by atoms with Crippen molar-refractivity contribution in [2.45, 2.75) is 0 Å². The molecular weight excluding hydrogens is 210 g/mol. The van der Waals surface area contributed by atoms with Crippen molar-refractivity contribution in [3.05, 3.63) is 48.7 Å². The Morgan fingerprint density at radius 1 is 1.00 bits per heavy atom. The molecule has 0 spiro atoms. The van der Waals surface area contributed by atoms with Gasteiger partial charge < -0.3 is 4.74 Å². The molecule has 0 radical (unpaired) electrons. The number of methoxy groups -OCH3 is 1. The van der Waals surface area contributed by atoms with Crippen LogP contribution in [0.3, 0.4) is 0 Å². The molecule has 0 aliphatic rings. The highest BCUT2D eigenvalue weighted by atomic mass is 16.5. The Labute approximate surface area is 100 Å². The number of nitrogens with zero attached hydrogens (tertiary/aromatic N) is 1. The van der Waals surface area contributed by atoms with Crippen LogP contribution in [0.2, 0.25) is 0 Å². The van der Waals surface area contributed by atoms with Gasteiger partial charge >= 0.3 is 0 Å². The average Bonchev–Trinajstić information content (AvgIpc) is 2.38. The van der Waals surface area contributed by atoms with Gasteiger partial charge in [-0.05, 0) is 24.3 Å². The summed E-state index contributed by atoms with van der Waals surface area (Å²) in [5, 5.41) is 3.74. The molecule has 0 N–H and O–H groups in total. The van der Waals surface area contributed by atoms with E-state index >= 15 is 0 Å².